The largest absolute Gasteiger partial charge is 2.00 e. The summed E-state index contributed by atoms with van der Waals surface area (Å²) in [7, 11) is -2.18. The minimum Gasteiger partial charge on any atom is -0.158 e. The van der Waals surface area contributed by atoms with Gasteiger partial charge in [-0.25, -0.2) is 0 Å². The number of rotatable bonds is 8. The molecule has 0 amide bonds. The van der Waals surface area contributed by atoms with Crippen LogP contribution < -0.4 is 10.4 Å². The summed E-state index contributed by atoms with van der Waals surface area (Å²) in [5, 5.41) is 8.99. The summed E-state index contributed by atoms with van der Waals surface area (Å²) in [5.74, 6) is 0. The third kappa shape index (κ3) is 5.16. The van der Waals surface area contributed by atoms with E-state index in [4.69, 9.17) is 0 Å². The summed E-state index contributed by atoms with van der Waals surface area (Å²) in [6, 6.07) is 37.4. The standard InChI is InChI=1S/C40H42Si.Zr/c1-7-27-17-21-31(22-18-27)35-15-11-13-33-25-29(9-3)39(37(33)35)41(5,6)40-30(10-4)26-34-14-12-16-36(38(34)40)32-23-19-28(8-2)20-24-32;/h11-26H,7-10H2,1-6H3;/q-2;+2. The van der Waals surface area contributed by atoms with Crippen LogP contribution in [0.25, 0.3) is 43.8 Å². The summed E-state index contributed by atoms with van der Waals surface area (Å²) in [6.07, 6.45) is 4.25. The van der Waals surface area contributed by atoms with Crippen molar-refractivity contribution in [2.45, 2.75) is 66.5 Å². The van der Waals surface area contributed by atoms with Crippen molar-refractivity contribution in [3.8, 4) is 22.3 Å². The molecular formula is C40H42SiZr. The maximum Gasteiger partial charge on any atom is 2.00 e. The minimum atomic E-state index is -2.18. The second-order valence-electron chi connectivity index (χ2n) is 12.1. The van der Waals surface area contributed by atoms with Crippen LogP contribution in [0, 0.1) is 0 Å². The summed E-state index contributed by atoms with van der Waals surface area (Å²) < 4.78 is 0. The first-order valence-corrected chi connectivity index (χ1v) is 18.5. The number of aryl methyl sites for hydroxylation is 4. The third-order valence-corrected chi connectivity index (χ3v) is 13.0. The van der Waals surface area contributed by atoms with Crippen molar-refractivity contribution in [1.29, 1.82) is 0 Å². The van der Waals surface area contributed by atoms with Crippen LogP contribution in [0.5, 0.6) is 0 Å². The fraction of sp³-hybridized carbons (Fsp3) is 0.250. The van der Waals surface area contributed by atoms with Crippen molar-refractivity contribution in [3.05, 3.63) is 119 Å². The number of fused-ring (bicyclic) bond motifs is 2. The van der Waals surface area contributed by atoms with Crippen molar-refractivity contribution in [2.75, 3.05) is 0 Å². The van der Waals surface area contributed by atoms with E-state index >= 15 is 0 Å². The molecule has 0 aromatic heterocycles. The number of hydrogen-bond acceptors (Lipinski definition) is 0. The van der Waals surface area contributed by atoms with Crippen LogP contribution >= 0.6 is 0 Å². The van der Waals surface area contributed by atoms with Crippen LogP contribution in [0.4, 0.5) is 0 Å². The van der Waals surface area contributed by atoms with Crippen LogP contribution in [0.1, 0.15) is 49.9 Å². The quantitative estimate of drug-likeness (QED) is 0.115. The molecule has 6 aromatic carbocycles. The Labute approximate surface area is 272 Å². The molecule has 0 heterocycles. The molecule has 0 unspecified atom stereocenters. The van der Waals surface area contributed by atoms with E-state index in [1.807, 2.05) is 0 Å². The van der Waals surface area contributed by atoms with E-state index in [-0.39, 0.29) is 26.2 Å². The molecule has 210 valence electrons. The first-order chi connectivity index (χ1) is 19.9. The van der Waals surface area contributed by atoms with Gasteiger partial charge in [-0.05, 0) is 47.9 Å². The fourth-order valence-electron chi connectivity index (χ4n) is 7.21. The number of hydrogen-bond donors (Lipinski definition) is 0. The van der Waals surface area contributed by atoms with Gasteiger partial charge in [-0.15, -0.1) is 69.1 Å². The predicted molar refractivity (Wildman–Crippen MR) is 184 cm³/mol. The smallest absolute Gasteiger partial charge is 0.158 e. The monoisotopic (exact) mass is 640 g/mol. The van der Waals surface area contributed by atoms with Gasteiger partial charge in [0.25, 0.3) is 0 Å². The van der Waals surface area contributed by atoms with Gasteiger partial charge in [0.15, 0.2) is 0 Å². The van der Waals surface area contributed by atoms with E-state index in [0.29, 0.717) is 0 Å². The molecule has 0 N–H and O–H groups in total. The molecule has 0 fully saturated rings. The van der Waals surface area contributed by atoms with E-state index in [2.05, 4.69) is 138 Å². The van der Waals surface area contributed by atoms with Gasteiger partial charge in [0.05, 0.1) is 0 Å². The van der Waals surface area contributed by atoms with Gasteiger partial charge < -0.3 is 0 Å². The van der Waals surface area contributed by atoms with E-state index in [0.717, 1.165) is 25.7 Å². The van der Waals surface area contributed by atoms with Gasteiger partial charge in [0.2, 0.25) is 0 Å². The van der Waals surface area contributed by atoms with E-state index < -0.39 is 8.07 Å². The molecule has 42 heavy (non-hydrogen) atoms. The summed E-state index contributed by atoms with van der Waals surface area (Å²) in [6.45, 7) is 14.4. The maximum atomic E-state index is 2.61. The SMILES string of the molecule is CCc1ccc(-c2cccc3[cH-]c(CC)c([Si](C)(C)c4c(CC)[cH-]c5cccc(-c6ccc(CC)cc6)c45)c23)cc1.[Zr+2]. The first kappa shape index (κ1) is 30.7. The molecule has 0 nitrogen and oxygen atoms in total. The molecule has 2 heteroatoms. The molecular weight excluding hydrogens is 600 g/mol. The molecule has 6 rings (SSSR count). The predicted octanol–water partition coefficient (Wildman–Crippen LogP) is 9.83. The molecule has 0 saturated carbocycles. The molecule has 0 radical (unpaired) electrons. The first-order valence-electron chi connectivity index (χ1n) is 15.5. The zero-order chi connectivity index (χ0) is 28.7. The second kappa shape index (κ2) is 12.4. The van der Waals surface area contributed by atoms with E-state index in [9.17, 15) is 0 Å². The molecule has 0 atom stereocenters. The topological polar surface area (TPSA) is 0 Å². The van der Waals surface area contributed by atoms with E-state index in [1.54, 1.807) is 10.4 Å². The summed E-state index contributed by atoms with van der Waals surface area (Å²) >= 11 is 0. The molecule has 0 saturated heterocycles. The second-order valence-corrected chi connectivity index (χ2v) is 16.3. The Balaban J connectivity index is 0.00000353. The molecule has 0 spiro atoms. The Kier molecular flexibility index (Phi) is 9.08. The molecule has 0 aliphatic carbocycles. The van der Waals surface area contributed by atoms with Crippen molar-refractivity contribution in [1.82, 2.24) is 0 Å². The van der Waals surface area contributed by atoms with Crippen LogP contribution in [0.2, 0.25) is 13.1 Å². The Hall–Kier alpha value is -2.80. The molecule has 0 aliphatic heterocycles. The fourth-order valence-corrected chi connectivity index (χ4v) is 11.4. The van der Waals surface area contributed by atoms with Gasteiger partial charge >= 0.3 is 26.2 Å². The number of benzene rings is 4. The maximum absolute atomic E-state index is 2.61. The van der Waals surface area contributed by atoms with Crippen molar-refractivity contribution < 1.29 is 26.2 Å². The molecule has 0 bridgehead atoms. The zero-order valence-electron chi connectivity index (χ0n) is 26.1. The minimum absolute atomic E-state index is 0. The van der Waals surface area contributed by atoms with Crippen molar-refractivity contribution >= 4 is 40.0 Å². The van der Waals surface area contributed by atoms with Gasteiger partial charge in [-0.1, -0.05) is 113 Å². The van der Waals surface area contributed by atoms with Crippen LogP contribution in [-0.4, -0.2) is 8.07 Å². The Morgan fingerprint density at radius 1 is 0.500 bits per heavy atom. The zero-order valence-corrected chi connectivity index (χ0v) is 29.5. The van der Waals surface area contributed by atoms with Gasteiger partial charge in [0, 0.05) is 8.07 Å². The van der Waals surface area contributed by atoms with Crippen LogP contribution in [0.15, 0.2) is 97.1 Å². The van der Waals surface area contributed by atoms with Gasteiger partial charge in [0.1, 0.15) is 0 Å². The van der Waals surface area contributed by atoms with Crippen molar-refractivity contribution in [3.63, 3.8) is 0 Å². The Bertz CT molecular complexity index is 1690. The molecule has 0 aliphatic rings. The summed E-state index contributed by atoms with van der Waals surface area (Å²) in [4.78, 5) is 0. The third-order valence-electron chi connectivity index (χ3n) is 9.35. The van der Waals surface area contributed by atoms with Gasteiger partial charge in [-0.2, -0.15) is 10.4 Å². The van der Waals surface area contributed by atoms with Crippen LogP contribution in [0.3, 0.4) is 0 Å². The Morgan fingerprint density at radius 3 is 1.21 bits per heavy atom. The van der Waals surface area contributed by atoms with Crippen LogP contribution in [-0.2, 0) is 51.9 Å². The van der Waals surface area contributed by atoms with Gasteiger partial charge in [-0.3, -0.25) is 0 Å². The van der Waals surface area contributed by atoms with Crippen molar-refractivity contribution in [2.24, 2.45) is 0 Å². The summed E-state index contributed by atoms with van der Waals surface area (Å²) in [5.41, 5.74) is 11.2. The average Bonchev–Trinajstić information content (AvgIpc) is 3.60. The molecule has 6 aromatic rings. The Morgan fingerprint density at radius 2 is 0.881 bits per heavy atom. The normalized spacial score (nSPS) is 11.8. The van der Waals surface area contributed by atoms with E-state index in [1.165, 1.54) is 66.1 Å². The average molecular weight is 642 g/mol.